The summed E-state index contributed by atoms with van der Waals surface area (Å²) in [6.45, 7) is 1.74. The number of hydrogen-bond acceptors (Lipinski definition) is 5. The molecule has 0 spiro atoms. The minimum Gasteiger partial charge on any atom is -0.371 e. The Morgan fingerprint density at radius 1 is 1.08 bits per heavy atom. The molecule has 2 aliphatic rings. The standard InChI is InChI=1S/C30H33FN4O3S/c1-34(26-14-18-35(19-15-26)27-12-16-32-17-13-27)30(36)24-7-6-23-8-11-29(28(23)21-24)33-39(37,38)20-2-3-22-4-9-25(31)10-5-22/h2-7,9-10,12-13,16-17,21,26,29,33H,8,11,14-15,18-20H2,1H3/t29-/m1/s1. The summed E-state index contributed by atoms with van der Waals surface area (Å²) in [5, 5.41) is 0. The quantitative estimate of drug-likeness (QED) is 0.446. The smallest absolute Gasteiger partial charge is 0.253 e. The van der Waals surface area contributed by atoms with Gasteiger partial charge in [-0.05, 0) is 78.8 Å². The van der Waals surface area contributed by atoms with Gasteiger partial charge in [0.1, 0.15) is 5.82 Å². The second-order valence-corrected chi connectivity index (χ2v) is 12.0. The van der Waals surface area contributed by atoms with Gasteiger partial charge in [0.2, 0.25) is 10.0 Å². The Bertz CT molecular complexity index is 1440. The highest BCUT2D eigenvalue weighted by Crippen LogP contribution is 2.33. The number of rotatable bonds is 8. The van der Waals surface area contributed by atoms with Gasteiger partial charge in [0.25, 0.3) is 5.91 Å². The lowest BCUT2D eigenvalue weighted by molar-refractivity contribution is 0.0709. The van der Waals surface area contributed by atoms with Crippen molar-refractivity contribution in [3.63, 3.8) is 0 Å². The van der Waals surface area contributed by atoms with Crippen LogP contribution in [0.15, 0.2) is 73.1 Å². The van der Waals surface area contributed by atoms with E-state index in [0.29, 0.717) is 12.0 Å². The monoisotopic (exact) mass is 548 g/mol. The van der Waals surface area contributed by atoms with E-state index in [1.165, 1.54) is 12.1 Å². The Hall–Kier alpha value is -3.56. The number of hydrogen-bond donors (Lipinski definition) is 1. The highest BCUT2D eigenvalue weighted by atomic mass is 32.2. The molecule has 7 nitrogen and oxygen atoms in total. The van der Waals surface area contributed by atoms with E-state index in [9.17, 15) is 17.6 Å². The lowest BCUT2D eigenvalue weighted by atomic mass is 10.0. The normalized spacial score (nSPS) is 17.9. The van der Waals surface area contributed by atoms with Crippen LogP contribution in [0.5, 0.6) is 0 Å². The molecular formula is C30H33FN4O3S. The maximum absolute atomic E-state index is 13.4. The fraction of sp³-hybridized carbons (Fsp3) is 0.333. The summed E-state index contributed by atoms with van der Waals surface area (Å²) in [7, 11) is -1.74. The van der Waals surface area contributed by atoms with Gasteiger partial charge < -0.3 is 9.80 Å². The van der Waals surface area contributed by atoms with Crippen LogP contribution < -0.4 is 9.62 Å². The van der Waals surface area contributed by atoms with E-state index in [0.717, 1.165) is 54.7 Å². The van der Waals surface area contributed by atoms with Crippen LogP contribution in [0.1, 0.15) is 52.4 Å². The maximum Gasteiger partial charge on any atom is 0.253 e. The number of carbonyl (C=O) groups is 1. The fourth-order valence-corrected chi connectivity index (χ4v) is 6.57. The van der Waals surface area contributed by atoms with Crippen LogP contribution in [0, 0.1) is 5.82 Å². The molecule has 3 aromatic rings. The summed E-state index contributed by atoms with van der Waals surface area (Å²) in [6, 6.07) is 15.3. The molecular weight excluding hydrogens is 515 g/mol. The summed E-state index contributed by atoms with van der Waals surface area (Å²) in [4.78, 5) is 21.7. The second-order valence-electron chi connectivity index (χ2n) is 10.2. The number of carbonyl (C=O) groups excluding carboxylic acids is 1. The van der Waals surface area contributed by atoms with Gasteiger partial charge >= 0.3 is 0 Å². The molecule has 0 bridgehead atoms. The van der Waals surface area contributed by atoms with Crippen molar-refractivity contribution in [1.82, 2.24) is 14.6 Å². The number of fused-ring (bicyclic) bond motifs is 1. The minimum absolute atomic E-state index is 0.0455. The number of piperidine rings is 1. The average Bonchev–Trinajstić information content (AvgIpc) is 3.35. The van der Waals surface area contributed by atoms with Gasteiger partial charge in [0, 0.05) is 55.9 Å². The number of sulfonamides is 1. The summed E-state index contributed by atoms with van der Waals surface area (Å²) in [5.41, 5.74) is 4.39. The number of nitrogens with zero attached hydrogens (tertiary/aromatic N) is 3. The Balaban J connectivity index is 1.20. The molecule has 1 aromatic heterocycles. The third-order valence-corrected chi connectivity index (χ3v) is 8.92. The molecule has 1 fully saturated rings. The van der Waals surface area contributed by atoms with E-state index >= 15 is 0 Å². The largest absolute Gasteiger partial charge is 0.371 e. The summed E-state index contributed by atoms with van der Waals surface area (Å²) in [5.74, 6) is -0.567. The molecule has 1 saturated heterocycles. The van der Waals surface area contributed by atoms with Crippen LogP contribution in [-0.2, 0) is 16.4 Å². The average molecular weight is 549 g/mol. The topological polar surface area (TPSA) is 82.6 Å². The number of anilines is 1. The zero-order chi connectivity index (χ0) is 27.4. The van der Waals surface area contributed by atoms with Crippen molar-refractivity contribution < 1.29 is 17.6 Å². The van der Waals surface area contributed by atoms with Crippen molar-refractivity contribution in [1.29, 1.82) is 0 Å². The molecule has 9 heteroatoms. The lowest BCUT2D eigenvalue weighted by Crippen LogP contribution is -2.45. The van der Waals surface area contributed by atoms with Gasteiger partial charge in [0.05, 0.1) is 5.75 Å². The molecule has 2 aromatic carbocycles. The molecule has 0 unspecified atom stereocenters. The number of amides is 1. The van der Waals surface area contributed by atoms with Gasteiger partial charge in [-0.2, -0.15) is 0 Å². The van der Waals surface area contributed by atoms with Gasteiger partial charge in [-0.15, -0.1) is 0 Å². The summed E-state index contributed by atoms with van der Waals surface area (Å²) in [6.07, 6.45) is 9.97. The fourth-order valence-electron chi connectivity index (χ4n) is 5.44. The van der Waals surface area contributed by atoms with E-state index in [4.69, 9.17) is 0 Å². The molecule has 1 aliphatic heterocycles. The van der Waals surface area contributed by atoms with E-state index in [1.54, 1.807) is 36.7 Å². The number of aromatic nitrogens is 1. The molecule has 39 heavy (non-hydrogen) atoms. The van der Waals surface area contributed by atoms with Gasteiger partial charge in [-0.1, -0.05) is 30.4 Å². The van der Waals surface area contributed by atoms with Crippen molar-refractivity contribution in [2.45, 2.75) is 37.8 Å². The molecule has 5 rings (SSSR count). The van der Waals surface area contributed by atoms with Crippen LogP contribution >= 0.6 is 0 Å². The number of aryl methyl sites for hydroxylation is 1. The highest BCUT2D eigenvalue weighted by molar-refractivity contribution is 7.89. The third-order valence-electron chi connectivity index (χ3n) is 7.65. The Kier molecular flexibility index (Phi) is 8.09. The number of halogens is 1. The summed E-state index contributed by atoms with van der Waals surface area (Å²) < 4.78 is 41.5. The van der Waals surface area contributed by atoms with Crippen LogP contribution in [0.4, 0.5) is 10.1 Å². The zero-order valence-electron chi connectivity index (χ0n) is 22.0. The third kappa shape index (κ3) is 6.54. The van der Waals surface area contributed by atoms with Crippen molar-refractivity contribution in [2.24, 2.45) is 0 Å². The van der Waals surface area contributed by atoms with Crippen LogP contribution in [-0.4, -0.2) is 56.1 Å². The molecule has 0 saturated carbocycles. The van der Waals surface area contributed by atoms with Crippen molar-refractivity contribution >= 4 is 27.7 Å². The molecule has 1 aliphatic carbocycles. The first-order chi connectivity index (χ1) is 18.8. The van der Waals surface area contributed by atoms with Crippen molar-refractivity contribution in [3.05, 3.63) is 101 Å². The van der Waals surface area contributed by atoms with Crippen molar-refractivity contribution in [3.8, 4) is 0 Å². The maximum atomic E-state index is 13.4. The van der Waals surface area contributed by atoms with Gasteiger partial charge in [-0.3, -0.25) is 9.78 Å². The lowest BCUT2D eigenvalue weighted by Gasteiger charge is -2.38. The minimum atomic E-state index is -3.60. The number of pyridine rings is 1. The van der Waals surface area contributed by atoms with Crippen LogP contribution in [0.25, 0.3) is 6.08 Å². The Morgan fingerprint density at radius 3 is 2.51 bits per heavy atom. The Morgan fingerprint density at radius 2 is 1.79 bits per heavy atom. The second kappa shape index (κ2) is 11.7. The first-order valence-electron chi connectivity index (χ1n) is 13.3. The first kappa shape index (κ1) is 27.0. The van der Waals surface area contributed by atoms with Crippen LogP contribution in [0.3, 0.4) is 0 Å². The number of benzene rings is 2. The molecule has 1 atom stereocenters. The molecule has 2 heterocycles. The first-order valence-corrected chi connectivity index (χ1v) is 14.9. The highest BCUT2D eigenvalue weighted by Gasteiger charge is 2.30. The SMILES string of the molecule is CN(C(=O)c1ccc2c(c1)[C@H](NS(=O)(=O)CC=Cc1ccc(F)cc1)CC2)C1CCN(c2ccncc2)CC1. The molecule has 1 amide bonds. The van der Waals surface area contributed by atoms with E-state index in [1.807, 2.05) is 42.3 Å². The van der Waals surface area contributed by atoms with Gasteiger partial charge in [0.15, 0.2) is 0 Å². The summed E-state index contributed by atoms with van der Waals surface area (Å²) >= 11 is 0. The molecule has 204 valence electrons. The van der Waals surface area contributed by atoms with E-state index in [2.05, 4.69) is 14.6 Å². The number of nitrogens with one attached hydrogen (secondary N) is 1. The molecule has 0 radical (unpaired) electrons. The predicted molar refractivity (Wildman–Crippen MR) is 151 cm³/mol. The van der Waals surface area contributed by atoms with Crippen LogP contribution in [0.2, 0.25) is 0 Å². The van der Waals surface area contributed by atoms with Crippen molar-refractivity contribution in [2.75, 3.05) is 30.8 Å². The van der Waals surface area contributed by atoms with Gasteiger partial charge in [-0.25, -0.2) is 17.5 Å². The molecule has 1 N–H and O–H groups in total. The van der Waals surface area contributed by atoms with E-state index in [-0.39, 0.29) is 29.6 Å². The Labute approximate surface area is 229 Å². The predicted octanol–water partition coefficient (Wildman–Crippen LogP) is 4.58. The zero-order valence-corrected chi connectivity index (χ0v) is 22.8. The van der Waals surface area contributed by atoms with E-state index < -0.39 is 10.0 Å².